The highest BCUT2D eigenvalue weighted by Crippen LogP contribution is 2.42. The third-order valence-corrected chi connectivity index (χ3v) is 5.68. The van der Waals surface area contributed by atoms with Crippen LogP contribution in [0.2, 0.25) is 0 Å². The van der Waals surface area contributed by atoms with Crippen molar-refractivity contribution >= 4 is 0 Å². The van der Waals surface area contributed by atoms with Crippen molar-refractivity contribution in [1.82, 2.24) is 5.32 Å². The number of rotatable bonds is 3. The molecule has 4 rings (SSSR count). The Balaban J connectivity index is 1.68. The Hall–Kier alpha value is -2.59. The molecule has 1 N–H and O–H groups in total. The summed E-state index contributed by atoms with van der Waals surface area (Å²) in [5.41, 5.74) is 2.49. The molecule has 1 saturated heterocycles. The molecule has 1 nitrogen and oxygen atoms in total. The summed E-state index contributed by atoms with van der Waals surface area (Å²) in [6.45, 7) is 3.74. The molecule has 0 amide bonds. The first-order valence-corrected chi connectivity index (χ1v) is 9.00. The van der Waals surface area contributed by atoms with Gasteiger partial charge < -0.3 is 5.32 Å². The highest BCUT2D eigenvalue weighted by molar-refractivity contribution is 5.65. The Bertz CT molecular complexity index is 930. The first kappa shape index (κ1) is 17.8. The summed E-state index contributed by atoms with van der Waals surface area (Å²) < 4.78 is 41.4. The van der Waals surface area contributed by atoms with E-state index in [1.165, 1.54) is 30.3 Å². The Morgan fingerprint density at radius 2 is 1.48 bits per heavy atom. The zero-order valence-electron chi connectivity index (χ0n) is 15.0. The summed E-state index contributed by atoms with van der Waals surface area (Å²) in [5, 5.41) is 3.43. The molecule has 0 aliphatic carbocycles. The molecular weight excluding hydrogens is 347 g/mol. The number of nitrogens with one attached hydrogen (secondary N) is 1. The molecule has 0 spiro atoms. The molecule has 0 aromatic heterocycles. The van der Waals surface area contributed by atoms with Crippen LogP contribution in [0.1, 0.15) is 24.0 Å². The van der Waals surface area contributed by atoms with Gasteiger partial charge >= 0.3 is 0 Å². The Labute approximate surface area is 156 Å². The van der Waals surface area contributed by atoms with Gasteiger partial charge in [-0.2, -0.15) is 0 Å². The second-order valence-corrected chi connectivity index (χ2v) is 7.33. The molecule has 4 heteroatoms. The van der Waals surface area contributed by atoms with E-state index in [1.807, 2.05) is 24.3 Å². The topological polar surface area (TPSA) is 12.0 Å². The van der Waals surface area contributed by atoms with E-state index in [0.717, 1.165) is 24.2 Å². The van der Waals surface area contributed by atoms with E-state index in [2.05, 4.69) is 12.2 Å². The van der Waals surface area contributed by atoms with Crippen LogP contribution in [0.25, 0.3) is 11.1 Å². The van der Waals surface area contributed by atoms with Crippen molar-refractivity contribution in [3.8, 4) is 11.1 Å². The first-order chi connectivity index (χ1) is 13.0. The molecule has 0 bridgehead atoms. The molecule has 3 aromatic carbocycles. The van der Waals surface area contributed by atoms with Gasteiger partial charge in [0.1, 0.15) is 17.5 Å². The van der Waals surface area contributed by atoms with Crippen LogP contribution in [0.3, 0.4) is 0 Å². The van der Waals surface area contributed by atoms with Crippen LogP contribution in [0.5, 0.6) is 0 Å². The molecule has 1 heterocycles. The molecule has 1 aliphatic rings. The van der Waals surface area contributed by atoms with E-state index in [4.69, 9.17) is 0 Å². The van der Waals surface area contributed by atoms with E-state index in [1.54, 1.807) is 12.1 Å². The summed E-state index contributed by atoms with van der Waals surface area (Å²) in [7, 11) is 0. The minimum absolute atomic E-state index is 0.00473. The van der Waals surface area contributed by atoms with Crippen LogP contribution in [0.4, 0.5) is 13.2 Å². The van der Waals surface area contributed by atoms with Crippen LogP contribution in [0, 0.1) is 17.5 Å². The molecule has 0 saturated carbocycles. The average molecular weight is 367 g/mol. The highest BCUT2D eigenvalue weighted by Gasteiger charge is 2.41. The number of halogens is 3. The SMILES string of the molecule is C[C@]1(c2ccc(F)cc2)CNC[C@H]1c1ccc(-c2c(F)cccc2F)cc1. The summed E-state index contributed by atoms with van der Waals surface area (Å²) in [5.74, 6) is -1.20. The van der Waals surface area contributed by atoms with Crippen molar-refractivity contribution in [2.45, 2.75) is 18.3 Å². The van der Waals surface area contributed by atoms with Gasteiger partial charge in [0.2, 0.25) is 0 Å². The van der Waals surface area contributed by atoms with E-state index < -0.39 is 11.6 Å². The van der Waals surface area contributed by atoms with E-state index in [-0.39, 0.29) is 22.7 Å². The quantitative estimate of drug-likeness (QED) is 0.652. The summed E-state index contributed by atoms with van der Waals surface area (Å²) in [6.07, 6.45) is 0. The van der Waals surface area contributed by atoms with Gasteiger partial charge in [0, 0.05) is 24.4 Å². The third-order valence-electron chi connectivity index (χ3n) is 5.68. The number of hydrogen-bond donors (Lipinski definition) is 1. The summed E-state index contributed by atoms with van der Waals surface area (Å²) in [4.78, 5) is 0. The lowest BCUT2D eigenvalue weighted by atomic mass is 9.71. The zero-order chi connectivity index (χ0) is 19.0. The molecule has 0 radical (unpaired) electrons. The molecule has 1 aliphatic heterocycles. The van der Waals surface area contributed by atoms with E-state index >= 15 is 0 Å². The predicted molar refractivity (Wildman–Crippen MR) is 101 cm³/mol. The van der Waals surface area contributed by atoms with Gasteiger partial charge in [-0.05, 0) is 41.0 Å². The van der Waals surface area contributed by atoms with Gasteiger partial charge in [0.15, 0.2) is 0 Å². The summed E-state index contributed by atoms with van der Waals surface area (Å²) >= 11 is 0. The van der Waals surface area contributed by atoms with E-state index in [0.29, 0.717) is 5.56 Å². The van der Waals surface area contributed by atoms with Crippen molar-refractivity contribution in [2.24, 2.45) is 0 Å². The van der Waals surface area contributed by atoms with Crippen LogP contribution < -0.4 is 5.32 Å². The van der Waals surface area contributed by atoms with Crippen molar-refractivity contribution in [3.63, 3.8) is 0 Å². The monoisotopic (exact) mass is 367 g/mol. The van der Waals surface area contributed by atoms with Crippen LogP contribution in [-0.2, 0) is 5.41 Å². The van der Waals surface area contributed by atoms with Crippen LogP contribution in [-0.4, -0.2) is 13.1 Å². The highest BCUT2D eigenvalue weighted by atomic mass is 19.1. The maximum absolute atomic E-state index is 14.0. The van der Waals surface area contributed by atoms with Crippen molar-refractivity contribution in [2.75, 3.05) is 13.1 Å². The molecule has 27 heavy (non-hydrogen) atoms. The largest absolute Gasteiger partial charge is 0.315 e. The van der Waals surface area contributed by atoms with Gasteiger partial charge in [0.25, 0.3) is 0 Å². The Kier molecular flexibility index (Phi) is 4.52. The molecule has 0 unspecified atom stereocenters. The van der Waals surface area contributed by atoms with Gasteiger partial charge in [-0.3, -0.25) is 0 Å². The van der Waals surface area contributed by atoms with Crippen LogP contribution in [0.15, 0.2) is 66.7 Å². The lowest BCUT2D eigenvalue weighted by molar-refractivity contribution is 0.464. The predicted octanol–water partition coefficient (Wildman–Crippen LogP) is 5.42. The van der Waals surface area contributed by atoms with Crippen molar-refractivity contribution in [3.05, 3.63) is 95.3 Å². The average Bonchev–Trinajstić information content (AvgIpc) is 3.05. The molecule has 3 aromatic rings. The van der Waals surface area contributed by atoms with Gasteiger partial charge in [-0.25, -0.2) is 13.2 Å². The van der Waals surface area contributed by atoms with Gasteiger partial charge in [-0.1, -0.05) is 49.4 Å². The molecular formula is C23H20F3N. The Morgan fingerprint density at radius 1 is 0.852 bits per heavy atom. The second kappa shape index (κ2) is 6.86. The lowest BCUT2D eigenvalue weighted by Crippen LogP contribution is -2.30. The fourth-order valence-corrected chi connectivity index (χ4v) is 4.10. The second-order valence-electron chi connectivity index (χ2n) is 7.33. The minimum Gasteiger partial charge on any atom is -0.315 e. The lowest BCUT2D eigenvalue weighted by Gasteiger charge is -2.31. The first-order valence-electron chi connectivity index (χ1n) is 9.00. The fourth-order valence-electron chi connectivity index (χ4n) is 4.10. The Morgan fingerprint density at radius 3 is 2.11 bits per heavy atom. The van der Waals surface area contributed by atoms with Gasteiger partial charge in [0.05, 0.1) is 5.56 Å². The minimum atomic E-state index is -0.568. The molecule has 1 fully saturated rings. The number of hydrogen-bond acceptors (Lipinski definition) is 1. The van der Waals surface area contributed by atoms with Gasteiger partial charge in [-0.15, -0.1) is 0 Å². The van der Waals surface area contributed by atoms with E-state index in [9.17, 15) is 13.2 Å². The maximum Gasteiger partial charge on any atom is 0.133 e. The van der Waals surface area contributed by atoms with Crippen molar-refractivity contribution < 1.29 is 13.2 Å². The summed E-state index contributed by atoms with van der Waals surface area (Å²) in [6, 6.07) is 17.9. The zero-order valence-corrected chi connectivity index (χ0v) is 15.0. The standard InChI is InChI=1S/C23H20F3N/c1-23(17-9-11-18(24)12-10-17)14-27-13-19(23)15-5-7-16(8-6-15)22-20(25)3-2-4-21(22)26/h2-12,19,27H,13-14H2,1H3/t19-,23+/m0/s1. The smallest absolute Gasteiger partial charge is 0.133 e. The maximum atomic E-state index is 14.0. The molecule has 138 valence electrons. The number of benzene rings is 3. The van der Waals surface area contributed by atoms with Crippen molar-refractivity contribution in [1.29, 1.82) is 0 Å². The normalized spacial score (nSPS) is 22.1. The fraction of sp³-hybridized carbons (Fsp3) is 0.217. The van der Waals surface area contributed by atoms with Crippen LogP contribution >= 0.6 is 0 Å². The third kappa shape index (κ3) is 3.15. The molecule has 2 atom stereocenters.